The summed E-state index contributed by atoms with van der Waals surface area (Å²) < 4.78 is 0. The number of anilines is 4. The Labute approximate surface area is 136 Å². The number of hydrogen-bond acceptors (Lipinski definition) is 5. The molecule has 0 aliphatic heterocycles. The number of carbonyl (C=O) groups excluding carboxylic acids is 1. The molecule has 6 nitrogen and oxygen atoms in total. The lowest BCUT2D eigenvalue weighted by Gasteiger charge is -2.13. The Morgan fingerprint density at radius 3 is 2.17 bits per heavy atom. The van der Waals surface area contributed by atoms with Crippen molar-refractivity contribution in [2.45, 2.75) is 20.3 Å². The van der Waals surface area contributed by atoms with Crippen molar-refractivity contribution in [3.05, 3.63) is 36.4 Å². The Kier molecular flexibility index (Phi) is 5.51. The Balaban J connectivity index is 1.95. The molecule has 0 bridgehead atoms. The molecule has 0 atom stereocenters. The first-order valence-electron chi connectivity index (χ1n) is 7.62. The molecule has 0 saturated carbocycles. The molecule has 0 radical (unpaired) electrons. The molecule has 0 saturated heterocycles. The number of carbonyl (C=O) groups is 1. The van der Waals surface area contributed by atoms with Crippen molar-refractivity contribution < 1.29 is 4.79 Å². The van der Waals surface area contributed by atoms with Crippen LogP contribution in [0.25, 0.3) is 0 Å². The van der Waals surface area contributed by atoms with Crippen LogP contribution in [0.15, 0.2) is 36.4 Å². The Hall–Kier alpha value is -2.63. The summed E-state index contributed by atoms with van der Waals surface area (Å²) in [6, 6.07) is 11.5. The highest BCUT2D eigenvalue weighted by Crippen LogP contribution is 2.19. The van der Waals surface area contributed by atoms with Gasteiger partial charge in [-0.15, -0.1) is 10.2 Å². The van der Waals surface area contributed by atoms with Crippen LogP contribution in [-0.2, 0) is 4.79 Å². The van der Waals surface area contributed by atoms with Crippen molar-refractivity contribution in [2.24, 2.45) is 5.92 Å². The zero-order valence-corrected chi connectivity index (χ0v) is 14.0. The molecule has 0 fully saturated rings. The van der Waals surface area contributed by atoms with E-state index in [1.807, 2.05) is 57.1 Å². The van der Waals surface area contributed by atoms with Crippen LogP contribution in [0.1, 0.15) is 20.3 Å². The zero-order valence-electron chi connectivity index (χ0n) is 14.0. The van der Waals surface area contributed by atoms with Gasteiger partial charge in [0.15, 0.2) is 11.6 Å². The summed E-state index contributed by atoms with van der Waals surface area (Å²) in [6.45, 7) is 4.00. The summed E-state index contributed by atoms with van der Waals surface area (Å²) in [5, 5.41) is 14.0. The lowest BCUT2D eigenvalue weighted by atomic mass is 10.1. The fourth-order valence-corrected chi connectivity index (χ4v) is 2.02. The third kappa shape index (κ3) is 5.25. The molecule has 1 heterocycles. The van der Waals surface area contributed by atoms with E-state index in [0.717, 1.165) is 11.4 Å². The molecule has 23 heavy (non-hydrogen) atoms. The van der Waals surface area contributed by atoms with Crippen LogP contribution in [0, 0.1) is 5.92 Å². The molecule has 1 amide bonds. The second kappa shape index (κ2) is 7.58. The zero-order chi connectivity index (χ0) is 16.8. The van der Waals surface area contributed by atoms with Gasteiger partial charge in [0.1, 0.15) is 0 Å². The van der Waals surface area contributed by atoms with Crippen molar-refractivity contribution in [1.82, 2.24) is 10.2 Å². The van der Waals surface area contributed by atoms with Crippen LogP contribution in [0.5, 0.6) is 0 Å². The van der Waals surface area contributed by atoms with Gasteiger partial charge < -0.3 is 15.5 Å². The molecule has 2 N–H and O–H groups in total. The van der Waals surface area contributed by atoms with Crippen molar-refractivity contribution in [3.63, 3.8) is 0 Å². The summed E-state index contributed by atoms with van der Waals surface area (Å²) in [7, 11) is 4.00. The van der Waals surface area contributed by atoms with Crippen LogP contribution in [0.4, 0.5) is 23.0 Å². The minimum Gasteiger partial charge on any atom is -0.378 e. The first-order valence-corrected chi connectivity index (χ1v) is 7.62. The normalized spacial score (nSPS) is 10.5. The number of aromatic nitrogens is 2. The predicted octanol–water partition coefficient (Wildman–Crippen LogP) is 3.27. The van der Waals surface area contributed by atoms with Gasteiger partial charge in [0.05, 0.1) is 0 Å². The molecule has 2 rings (SSSR count). The second-order valence-corrected chi connectivity index (χ2v) is 6.02. The fraction of sp³-hybridized carbons (Fsp3) is 0.353. The van der Waals surface area contributed by atoms with E-state index in [9.17, 15) is 4.79 Å². The van der Waals surface area contributed by atoms with Gasteiger partial charge in [-0.1, -0.05) is 13.8 Å². The van der Waals surface area contributed by atoms with Crippen molar-refractivity contribution in [2.75, 3.05) is 29.6 Å². The van der Waals surface area contributed by atoms with Gasteiger partial charge >= 0.3 is 0 Å². The smallest absolute Gasteiger partial charge is 0.225 e. The van der Waals surface area contributed by atoms with Gasteiger partial charge in [-0.25, -0.2) is 0 Å². The molecule has 1 aromatic heterocycles. The van der Waals surface area contributed by atoms with E-state index in [2.05, 4.69) is 20.8 Å². The molecule has 0 unspecified atom stereocenters. The number of rotatable bonds is 6. The molecular weight excluding hydrogens is 290 g/mol. The van der Waals surface area contributed by atoms with E-state index in [4.69, 9.17) is 0 Å². The van der Waals surface area contributed by atoms with E-state index >= 15 is 0 Å². The Morgan fingerprint density at radius 2 is 1.65 bits per heavy atom. The highest BCUT2D eigenvalue weighted by atomic mass is 16.1. The second-order valence-electron chi connectivity index (χ2n) is 6.02. The largest absolute Gasteiger partial charge is 0.378 e. The molecular formula is C17H23N5O. The SMILES string of the molecule is CC(C)CC(=O)Nc1ccc(Nc2ccc(N(C)C)cc2)nn1. The average molecular weight is 313 g/mol. The minimum atomic E-state index is -0.0470. The first kappa shape index (κ1) is 16.7. The van der Waals surface area contributed by atoms with E-state index < -0.39 is 0 Å². The minimum absolute atomic E-state index is 0.0470. The van der Waals surface area contributed by atoms with Gasteiger partial charge in [0.2, 0.25) is 5.91 Å². The number of nitrogens with zero attached hydrogens (tertiary/aromatic N) is 3. The maximum absolute atomic E-state index is 11.7. The van der Waals surface area contributed by atoms with Gasteiger partial charge in [0, 0.05) is 31.9 Å². The van der Waals surface area contributed by atoms with Crippen LogP contribution in [0.2, 0.25) is 0 Å². The maximum atomic E-state index is 11.7. The van der Waals surface area contributed by atoms with E-state index in [1.165, 1.54) is 0 Å². The maximum Gasteiger partial charge on any atom is 0.225 e. The van der Waals surface area contributed by atoms with E-state index in [1.54, 1.807) is 12.1 Å². The number of nitrogens with one attached hydrogen (secondary N) is 2. The molecule has 0 aliphatic rings. The van der Waals surface area contributed by atoms with E-state index in [0.29, 0.717) is 24.0 Å². The van der Waals surface area contributed by atoms with Gasteiger partial charge in [-0.2, -0.15) is 0 Å². The highest BCUT2D eigenvalue weighted by molar-refractivity contribution is 5.89. The number of amides is 1. The van der Waals surface area contributed by atoms with Crippen molar-refractivity contribution in [3.8, 4) is 0 Å². The summed E-state index contributed by atoms with van der Waals surface area (Å²) in [6.07, 6.45) is 0.472. The Morgan fingerprint density at radius 1 is 1.04 bits per heavy atom. The van der Waals surface area contributed by atoms with Crippen molar-refractivity contribution in [1.29, 1.82) is 0 Å². The molecule has 1 aromatic carbocycles. The van der Waals surface area contributed by atoms with Crippen LogP contribution in [0.3, 0.4) is 0 Å². The van der Waals surface area contributed by atoms with Crippen LogP contribution < -0.4 is 15.5 Å². The van der Waals surface area contributed by atoms with Gasteiger partial charge in [-0.3, -0.25) is 4.79 Å². The standard InChI is InChI=1S/C17H23N5O/c1-12(2)11-17(23)19-16-10-9-15(20-21-16)18-13-5-7-14(8-6-13)22(3)4/h5-10,12H,11H2,1-4H3,(H,18,20)(H,19,21,23). The van der Waals surface area contributed by atoms with Gasteiger partial charge in [-0.05, 0) is 42.3 Å². The molecule has 2 aromatic rings. The molecule has 0 spiro atoms. The van der Waals surface area contributed by atoms with Gasteiger partial charge in [0.25, 0.3) is 0 Å². The number of benzene rings is 1. The third-order valence-corrected chi connectivity index (χ3v) is 3.18. The van der Waals surface area contributed by atoms with Crippen molar-refractivity contribution >= 4 is 28.9 Å². The number of hydrogen-bond donors (Lipinski definition) is 2. The quantitative estimate of drug-likeness (QED) is 0.856. The highest BCUT2D eigenvalue weighted by Gasteiger charge is 2.06. The predicted molar refractivity (Wildman–Crippen MR) is 94.2 cm³/mol. The summed E-state index contributed by atoms with van der Waals surface area (Å²) >= 11 is 0. The van der Waals surface area contributed by atoms with Crippen LogP contribution in [-0.4, -0.2) is 30.2 Å². The summed E-state index contributed by atoms with van der Waals surface area (Å²) in [4.78, 5) is 13.7. The Bertz CT molecular complexity index is 635. The molecule has 6 heteroatoms. The van der Waals surface area contributed by atoms with E-state index in [-0.39, 0.29) is 5.91 Å². The fourth-order valence-electron chi connectivity index (χ4n) is 2.02. The summed E-state index contributed by atoms with van der Waals surface area (Å²) in [5.74, 6) is 1.36. The molecule has 122 valence electrons. The molecule has 0 aliphatic carbocycles. The lowest BCUT2D eigenvalue weighted by Crippen LogP contribution is -2.15. The monoisotopic (exact) mass is 313 g/mol. The first-order chi connectivity index (χ1) is 10.9. The topological polar surface area (TPSA) is 70.2 Å². The summed E-state index contributed by atoms with van der Waals surface area (Å²) in [5.41, 5.74) is 2.06. The average Bonchev–Trinajstić information content (AvgIpc) is 2.49. The third-order valence-electron chi connectivity index (χ3n) is 3.18. The lowest BCUT2D eigenvalue weighted by molar-refractivity contribution is -0.116. The van der Waals surface area contributed by atoms with Crippen LogP contribution >= 0.6 is 0 Å².